The van der Waals surface area contributed by atoms with E-state index in [1.807, 2.05) is 55.6 Å². The second kappa shape index (κ2) is 6.02. The highest BCUT2D eigenvalue weighted by atomic mass is 32.1. The second-order valence-electron chi connectivity index (χ2n) is 4.67. The van der Waals surface area contributed by atoms with E-state index in [-0.39, 0.29) is 5.97 Å². The summed E-state index contributed by atoms with van der Waals surface area (Å²) in [6.07, 6.45) is 0.674. The van der Waals surface area contributed by atoms with Gasteiger partial charge < -0.3 is 4.74 Å². The van der Waals surface area contributed by atoms with E-state index < -0.39 is 5.41 Å². The first-order valence-corrected chi connectivity index (χ1v) is 7.30. The fraction of sp³-hybridized carbons (Fsp3) is 0.312. The van der Waals surface area contributed by atoms with E-state index in [4.69, 9.17) is 4.74 Å². The summed E-state index contributed by atoms with van der Waals surface area (Å²) in [5, 5.41) is 2.03. The highest BCUT2D eigenvalue weighted by molar-refractivity contribution is 7.09. The number of ether oxygens (including phenoxy) is 1. The standard InChI is InChI=1S/C16H18O2S/c1-3-18-15(17)16(2,12-14-10-7-11-19-14)13-8-5-4-6-9-13/h4-11H,3,12H2,1-2H3. The lowest BCUT2D eigenvalue weighted by Crippen LogP contribution is -2.36. The number of carbonyl (C=O) groups is 1. The molecule has 1 atom stereocenters. The van der Waals surface area contributed by atoms with E-state index in [0.29, 0.717) is 13.0 Å². The van der Waals surface area contributed by atoms with Crippen molar-refractivity contribution in [1.82, 2.24) is 0 Å². The lowest BCUT2D eigenvalue weighted by Gasteiger charge is -2.27. The van der Waals surface area contributed by atoms with Crippen LogP contribution in [-0.2, 0) is 21.4 Å². The van der Waals surface area contributed by atoms with Crippen molar-refractivity contribution >= 4 is 17.3 Å². The average molecular weight is 274 g/mol. The summed E-state index contributed by atoms with van der Waals surface area (Å²) in [6.45, 7) is 4.21. The van der Waals surface area contributed by atoms with E-state index in [9.17, 15) is 4.79 Å². The van der Waals surface area contributed by atoms with Gasteiger partial charge in [-0.05, 0) is 30.9 Å². The highest BCUT2D eigenvalue weighted by Crippen LogP contribution is 2.31. The summed E-state index contributed by atoms with van der Waals surface area (Å²) in [7, 11) is 0. The molecule has 0 aliphatic rings. The molecule has 0 saturated heterocycles. The summed E-state index contributed by atoms with van der Waals surface area (Å²) in [6, 6.07) is 13.9. The molecule has 2 aromatic rings. The van der Waals surface area contributed by atoms with Gasteiger partial charge in [-0.25, -0.2) is 0 Å². The zero-order valence-corrected chi connectivity index (χ0v) is 12.1. The Hall–Kier alpha value is -1.61. The second-order valence-corrected chi connectivity index (χ2v) is 5.71. The van der Waals surface area contributed by atoms with Crippen molar-refractivity contribution in [2.45, 2.75) is 25.7 Å². The van der Waals surface area contributed by atoms with Gasteiger partial charge in [0.25, 0.3) is 0 Å². The zero-order chi connectivity index (χ0) is 13.7. The zero-order valence-electron chi connectivity index (χ0n) is 11.3. The predicted molar refractivity (Wildman–Crippen MR) is 78.5 cm³/mol. The van der Waals surface area contributed by atoms with E-state index in [0.717, 1.165) is 5.56 Å². The van der Waals surface area contributed by atoms with Crippen LogP contribution in [0.2, 0.25) is 0 Å². The number of thiophene rings is 1. The molecule has 3 heteroatoms. The molecular weight excluding hydrogens is 256 g/mol. The summed E-state index contributed by atoms with van der Waals surface area (Å²) in [4.78, 5) is 13.6. The van der Waals surface area contributed by atoms with Crippen LogP contribution in [0.3, 0.4) is 0 Å². The van der Waals surface area contributed by atoms with Gasteiger partial charge in [0, 0.05) is 11.3 Å². The Morgan fingerprint density at radius 2 is 1.95 bits per heavy atom. The lowest BCUT2D eigenvalue weighted by atomic mass is 9.79. The summed E-state index contributed by atoms with van der Waals surface area (Å²) < 4.78 is 5.28. The minimum atomic E-state index is -0.623. The monoisotopic (exact) mass is 274 g/mol. The van der Waals surface area contributed by atoms with Gasteiger partial charge in [-0.2, -0.15) is 0 Å². The molecule has 2 rings (SSSR count). The first-order valence-electron chi connectivity index (χ1n) is 6.42. The molecule has 0 aliphatic heterocycles. The molecule has 1 unspecified atom stereocenters. The van der Waals surface area contributed by atoms with E-state index in [1.165, 1.54) is 4.88 Å². The molecule has 0 amide bonds. The van der Waals surface area contributed by atoms with Crippen LogP contribution >= 0.6 is 11.3 Å². The van der Waals surface area contributed by atoms with E-state index >= 15 is 0 Å². The van der Waals surface area contributed by atoms with Crippen molar-refractivity contribution in [2.75, 3.05) is 6.61 Å². The Labute approximate surface area is 118 Å². The van der Waals surface area contributed by atoms with E-state index in [2.05, 4.69) is 6.07 Å². The van der Waals surface area contributed by atoms with Crippen LogP contribution in [0.5, 0.6) is 0 Å². The Kier molecular flexibility index (Phi) is 4.38. The SMILES string of the molecule is CCOC(=O)C(C)(Cc1cccs1)c1ccccc1. The third-order valence-corrected chi connectivity index (χ3v) is 4.12. The van der Waals surface area contributed by atoms with Crippen LogP contribution in [0, 0.1) is 0 Å². The van der Waals surface area contributed by atoms with Crippen LogP contribution in [0.4, 0.5) is 0 Å². The number of benzene rings is 1. The van der Waals surface area contributed by atoms with Crippen molar-refractivity contribution in [3.63, 3.8) is 0 Å². The molecule has 0 spiro atoms. The van der Waals surface area contributed by atoms with Crippen LogP contribution in [0.15, 0.2) is 47.8 Å². The molecular formula is C16H18O2S. The van der Waals surface area contributed by atoms with Gasteiger partial charge in [0.2, 0.25) is 0 Å². The molecule has 1 aromatic heterocycles. The fourth-order valence-electron chi connectivity index (χ4n) is 2.15. The summed E-state index contributed by atoms with van der Waals surface area (Å²) in [5.41, 5.74) is 0.379. The Bertz CT molecular complexity index is 519. The van der Waals surface area contributed by atoms with Gasteiger partial charge in [-0.1, -0.05) is 36.4 Å². The first kappa shape index (κ1) is 13.8. The number of esters is 1. The lowest BCUT2D eigenvalue weighted by molar-refractivity contribution is -0.149. The maximum Gasteiger partial charge on any atom is 0.316 e. The van der Waals surface area contributed by atoms with Crippen LogP contribution in [-0.4, -0.2) is 12.6 Å². The quantitative estimate of drug-likeness (QED) is 0.775. The molecule has 0 N–H and O–H groups in total. The number of carbonyl (C=O) groups excluding carboxylic acids is 1. The van der Waals surface area contributed by atoms with Crippen molar-refractivity contribution in [3.05, 3.63) is 58.3 Å². The molecule has 0 radical (unpaired) electrons. The summed E-state index contributed by atoms with van der Waals surface area (Å²) in [5.74, 6) is -0.158. The number of hydrogen-bond donors (Lipinski definition) is 0. The van der Waals surface area contributed by atoms with Gasteiger partial charge in [0.1, 0.15) is 0 Å². The van der Waals surface area contributed by atoms with Crippen LogP contribution < -0.4 is 0 Å². The molecule has 19 heavy (non-hydrogen) atoms. The van der Waals surface area contributed by atoms with Gasteiger partial charge >= 0.3 is 5.97 Å². The smallest absolute Gasteiger partial charge is 0.316 e. The third-order valence-electron chi connectivity index (χ3n) is 3.24. The molecule has 2 nitrogen and oxygen atoms in total. The van der Waals surface area contributed by atoms with Gasteiger partial charge in [0.05, 0.1) is 12.0 Å². The molecule has 1 aromatic carbocycles. The minimum absolute atomic E-state index is 0.158. The van der Waals surface area contributed by atoms with Gasteiger partial charge in [0.15, 0.2) is 0 Å². The molecule has 0 fully saturated rings. The molecule has 0 bridgehead atoms. The Morgan fingerprint density at radius 3 is 2.53 bits per heavy atom. The topological polar surface area (TPSA) is 26.3 Å². The van der Waals surface area contributed by atoms with Crippen LogP contribution in [0.1, 0.15) is 24.3 Å². The van der Waals surface area contributed by atoms with Crippen molar-refractivity contribution in [3.8, 4) is 0 Å². The molecule has 1 heterocycles. The molecule has 0 saturated carbocycles. The van der Waals surface area contributed by atoms with Gasteiger partial charge in [-0.3, -0.25) is 4.79 Å². The van der Waals surface area contributed by atoms with Crippen molar-refractivity contribution in [2.24, 2.45) is 0 Å². The fourth-order valence-corrected chi connectivity index (χ4v) is 3.01. The Balaban J connectivity index is 2.35. The number of rotatable bonds is 5. The maximum atomic E-state index is 12.4. The highest BCUT2D eigenvalue weighted by Gasteiger charge is 2.37. The minimum Gasteiger partial charge on any atom is -0.465 e. The number of hydrogen-bond acceptors (Lipinski definition) is 3. The molecule has 0 aliphatic carbocycles. The largest absolute Gasteiger partial charge is 0.465 e. The van der Waals surface area contributed by atoms with Crippen molar-refractivity contribution < 1.29 is 9.53 Å². The summed E-state index contributed by atoms with van der Waals surface area (Å²) >= 11 is 1.67. The third kappa shape index (κ3) is 3.04. The molecule has 100 valence electrons. The first-order chi connectivity index (χ1) is 9.16. The van der Waals surface area contributed by atoms with Crippen LogP contribution in [0.25, 0.3) is 0 Å². The normalized spacial score (nSPS) is 13.8. The van der Waals surface area contributed by atoms with Crippen molar-refractivity contribution in [1.29, 1.82) is 0 Å². The predicted octanol–water partition coefficient (Wildman–Crippen LogP) is 3.81. The maximum absolute atomic E-state index is 12.4. The average Bonchev–Trinajstić information content (AvgIpc) is 2.92. The Morgan fingerprint density at radius 1 is 1.21 bits per heavy atom. The van der Waals surface area contributed by atoms with E-state index in [1.54, 1.807) is 11.3 Å². The van der Waals surface area contributed by atoms with Gasteiger partial charge in [-0.15, -0.1) is 11.3 Å².